The summed E-state index contributed by atoms with van der Waals surface area (Å²) < 4.78 is 1.77. The van der Waals surface area contributed by atoms with Crippen molar-refractivity contribution >= 4 is 34.4 Å². The van der Waals surface area contributed by atoms with Crippen LogP contribution in [0.2, 0.25) is 5.02 Å². The first-order valence-electron chi connectivity index (χ1n) is 6.32. The topological polar surface area (TPSA) is 47.8 Å². The molecule has 2 heterocycles. The van der Waals surface area contributed by atoms with Crippen LogP contribution in [0.25, 0.3) is 11.0 Å². The summed E-state index contributed by atoms with van der Waals surface area (Å²) in [7, 11) is 0. The molecule has 0 spiro atoms. The van der Waals surface area contributed by atoms with E-state index < -0.39 is 0 Å². The summed E-state index contributed by atoms with van der Waals surface area (Å²) in [4.78, 5) is 21.1. The highest BCUT2D eigenvalue weighted by Crippen LogP contribution is 2.31. The molecule has 1 aliphatic carbocycles. The molecule has 0 radical (unpaired) electrons. The number of thioether (sulfide) groups is 1. The van der Waals surface area contributed by atoms with Gasteiger partial charge in [-0.25, -0.2) is 9.97 Å². The van der Waals surface area contributed by atoms with E-state index in [-0.39, 0.29) is 16.6 Å². The maximum Gasteiger partial charge on any atom is 0.271 e. The van der Waals surface area contributed by atoms with E-state index in [1.54, 1.807) is 16.8 Å². The third-order valence-electron chi connectivity index (χ3n) is 3.58. The molecule has 4 nitrogen and oxygen atoms in total. The molecule has 100 valence electrons. The molecule has 1 aliphatic rings. The average molecular weight is 296 g/mol. The lowest BCUT2D eigenvalue weighted by molar-refractivity contribution is 0.514. The van der Waals surface area contributed by atoms with Gasteiger partial charge in [-0.05, 0) is 25.2 Å². The number of nitrogens with zero attached hydrogens (tertiary/aromatic N) is 3. The van der Waals surface area contributed by atoms with E-state index >= 15 is 0 Å². The van der Waals surface area contributed by atoms with Crippen LogP contribution in [0, 0.1) is 0 Å². The Bertz CT molecular complexity index is 679. The molecule has 6 heteroatoms. The van der Waals surface area contributed by atoms with Gasteiger partial charge in [-0.15, -0.1) is 0 Å². The molecule has 0 bridgehead atoms. The molecule has 2 aromatic heterocycles. The molecule has 0 N–H and O–H groups in total. The third kappa shape index (κ3) is 2.25. The van der Waals surface area contributed by atoms with Crippen LogP contribution in [-0.2, 0) is 0 Å². The van der Waals surface area contributed by atoms with Gasteiger partial charge in [0.25, 0.3) is 5.56 Å². The largest absolute Gasteiger partial charge is 0.288 e. The van der Waals surface area contributed by atoms with Gasteiger partial charge in [0.2, 0.25) is 0 Å². The van der Waals surface area contributed by atoms with Gasteiger partial charge in [-0.3, -0.25) is 9.36 Å². The third-order valence-corrected chi connectivity index (χ3v) is 4.41. The van der Waals surface area contributed by atoms with E-state index in [2.05, 4.69) is 9.97 Å². The van der Waals surface area contributed by atoms with Gasteiger partial charge in [0.15, 0.2) is 5.16 Å². The lowest BCUT2D eigenvalue weighted by Crippen LogP contribution is -2.25. The summed E-state index contributed by atoms with van der Waals surface area (Å²) >= 11 is 7.53. The highest BCUT2D eigenvalue weighted by Gasteiger charge is 2.22. The Kier molecular flexibility index (Phi) is 3.50. The van der Waals surface area contributed by atoms with Crippen molar-refractivity contribution in [2.75, 3.05) is 6.26 Å². The highest BCUT2D eigenvalue weighted by atomic mass is 35.5. The molecule has 0 saturated heterocycles. The highest BCUT2D eigenvalue weighted by molar-refractivity contribution is 7.98. The summed E-state index contributed by atoms with van der Waals surface area (Å²) in [5.74, 6) is 0. The Morgan fingerprint density at radius 3 is 2.84 bits per heavy atom. The summed E-state index contributed by atoms with van der Waals surface area (Å²) in [5, 5.41) is 1.76. The van der Waals surface area contributed by atoms with Crippen LogP contribution in [-0.4, -0.2) is 20.8 Å². The molecular weight excluding hydrogens is 282 g/mol. The van der Waals surface area contributed by atoms with Crippen molar-refractivity contribution in [3.05, 3.63) is 27.6 Å². The normalized spacial score (nSPS) is 16.3. The van der Waals surface area contributed by atoms with Crippen molar-refractivity contribution in [3.63, 3.8) is 0 Å². The zero-order valence-electron chi connectivity index (χ0n) is 10.6. The van der Waals surface area contributed by atoms with Gasteiger partial charge < -0.3 is 0 Å². The molecule has 19 heavy (non-hydrogen) atoms. The van der Waals surface area contributed by atoms with E-state index in [9.17, 15) is 4.79 Å². The predicted molar refractivity (Wildman–Crippen MR) is 78.1 cm³/mol. The van der Waals surface area contributed by atoms with Crippen LogP contribution in [0.3, 0.4) is 0 Å². The molecule has 1 saturated carbocycles. The Hall–Kier alpha value is -1.07. The molecule has 0 amide bonds. The maximum atomic E-state index is 12.3. The molecule has 0 aromatic carbocycles. The van der Waals surface area contributed by atoms with E-state index in [1.807, 2.05) is 6.26 Å². The van der Waals surface area contributed by atoms with E-state index in [4.69, 9.17) is 11.6 Å². The van der Waals surface area contributed by atoms with Gasteiger partial charge in [0.05, 0.1) is 0 Å². The van der Waals surface area contributed by atoms with E-state index in [0.717, 1.165) is 31.1 Å². The molecule has 3 rings (SSSR count). The predicted octanol–water partition coefficient (Wildman–Crippen LogP) is 3.28. The summed E-state index contributed by atoms with van der Waals surface area (Å²) in [6.45, 7) is 0. The maximum absolute atomic E-state index is 12.3. The molecular formula is C13H14ClN3OS. The van der Waals surface area contributed by atoms with Crippen molar-refractivity contribution in [3.8, 4) is 0 Å². The van der Waals surface area contributed by atoms with Crippen molar-refractivity contribution < 1.29 is 0 Å². The average Bonchev–Trinajstić information content (AvgIpc) is 2.93. The fraction of sp³-hybridized carbons (Fsp3) is 0.462. The van der Waals surface area contributed by atoms with Crippen molar-refractivity contribution in [2.45, 2.75) is 36.9 Å². The Balaban J connectivity index is 2.31. The first-order valence-corrected chi connectivity index (χ1v) is 7.93. The molecule has 0 unspecified atom stereocenters. The molecule has 0 atom stereocenters. The number of halogens is 1. The van der Waals surface area contributed by atoms with Gasteiger partial charge >= 0.3 is 0 Å². The zero-order valence-corrected chi connectivity index (χ0v) is 12.2. The van der Waals surface area contributed by atoms with E-state index in [0.29, 0.717) is 10.8 Å². The van der Waals surface area contributed by atoms with Crippen molar-refractivity contribution in [1.82, 2.24) is 14.5 Å². The quantitative estimate of drug-likeness (QED) is 0.630. The molecule has 1 fully saturated rings. The Labute approximate surface area is 120 Å². The second-order valence-electron chi connectivity index (χ2n) is 4.74. The van der Waals surface area contributed by atoms with Crippen LogP contribution in [0.1, 0.15) is 31.7 Å². The smallest absolute Gasteiger partial charge is 0.271 e. The fourth-order valence-electron chi connectivity index (χ4n) is 2.67. The summed E-state index contributed by atoms with van der Waals surface area (Å²) in [5.41, 5.74) is 0.576. The lowest BCUT2D eigenvalue weighted by Gasteiger charge is -2.16. The van der Waals surface area contributed by atoms with E-state index in [1.165, 1.54) is 11.8 Å². The zero-order chi connectivity index (χ0) is 13.4. The number of hydrogen-bond donors (Lipinski definition) is 0. The second-order valence-corrected chi connectivity index (χ2v) is 5.92. The first-order chi connectivity index (χ1) is 9.20. The lowest BCUT2D eigenvalue weighted by atomic mass is 10.2. The van der Waals surface area contributed by atoms with Crippen LogP contribution >= 0.6 is 23.4 Å². The Morgan fingerprint density at radius 1 is 1.42 bits per heavy atom. The van der Waals surface area contributed by atoms with Crippen LogP contribution in [0.4, 0.5) is 0 Å². The van der Waals surface area contributed by atoms with Crippen LogP contribution in [0.5, 0.6) is 0 Å². The van der Waals surface area contributed by atoms with Gasteiger partial charge in [0, 0.05) is 17.6 Å². The van der Waals surface area contributed by atoms with Gasteiger partial charge in [0.1, 0.15) is 10.7 Å². The second kappa shape index (κ2) is 5.13. The van der Waals surface area contributed by atoms with Crippen LogP contribution in [0.15, 0.2) is 22.2 Å². The number of aromatic nitrogens is 3. The van der Waals surface area contributed by atoms with Gasteiger partial charge in [-0.2, -0.15) is 0 Å². The van der Waals surface area contributed by atoms with Crippen LogP contribution < -0.4 is 5.56 Å². The van der Waals surface area contributed by atoms with Crippen molar-refractivity contribution in [1.29, 1.82) is 0 Å². The van der Waals surface area contributed by atoms with Crippen molar-refractivity contribution in [2.24, 2.45) is 0 Å². The Morgan fingerprint density at radius 2 is 2.16 bits per heavy atom. The number of pyridine rings is 1. The minimum absolute atomic E-state index is 0.133. The minimum atomic E-state index is -0.133. The number of fused-ring (bicyclic) bond motifs is 1. The number of rotatable bonds is 2. The monoisotopic (exact) mass is 295 g/mol. The standard InChI is InChI=1S/C13H14ClN3OS/c1-19-13-15-7-8-6-10(14)12(18)17(11(8)16-13)9-4-2-3-5-9/h6-7,9H,2-5H2,1H3. The fourth-order valence-corrected chi connectivity index (χ4v) is 3.21. The first kappa shape index (κ1) is 12.9. The minimum Gasteiger partial charge on any atom is -0.288 e. The summed E-state index contributed by atoms with van der Waals surface area (Å²) in [6.07, 6.45) is 8.03. The SMILES string of the molecule is CSc1ncc2cc(Cl)c(=O)n(C3CCCC3)c2n1. The number of hydrogen-bond acceptors (Lipinski definition) is 4. The summed E-state index contributed by atoms with van der Waals surface area (Å²) in [6, 6.07) is 1.88. The molecule has 2 aromatic rings. The van der Waals surface area contributed by atoms with Gasteiger partial charge in [-0.1, -0.05) is 36.2 Å². The molecule has 0 aliphatic heterocycles.